The quantitative estimate of drug-likeness (QED) is 0.586. The van der Waals surface area contributed by atoms with E-state index in [9.17, 15) is 4.79 Å². The molecule has 1 aliphatic heterocycles. The van der Waals surface area contributed by atoms with Crippen LogP contribution in [0.2, 0.25) is 0 Å². The van der Waals surface area contributed by atoms with Crippen LogP contribution in [0.1, 0.15) is 41.4 Å². The third kappa shape index (κ3) is 5.32. The number of aryl methyl sites for hydroxylation is 1. The minimum atomic E-state index is -0.0268. The van der Waals surface area contributed by atoms with Crippen molar-refractivity contribution < 1.29 is 9.53 Å². The summed E-state index contributed by atoms with van der Waals surface area (Å²) in [7, 11) is 1.92. The van der Waals surface area contributed by atoms with E-state index in [1.165, 1.54) is 11.1 Å². The van der Waals surface area contributed by atoms with E-state index < -0.39 is 0 Å². The van der Waals surface area contributed by atoms with Crippen LogP contribution in [0.4, 0.5) is 0 Å². The van der Waals surface area contributed by atoms with Crippen molar-refractivity contribution >= 4 is 5.91 Å². The average Bonchev–Trinajstić information content (AvgIpc) is 3.41. The number of benzene rings is 1. The molecule has 1 fully saturated rings. The lowest BCUT2D eigenvalue weighted by Crippen LogP contribution is -2.48. The molecule has 8 heteroatoms. The van der Waals surface area contributed by atoms with Crippen molar-refractivity contribution in [3.8, 4) is 5.75 Å². The molecule has 1 aliphatic rings. The first kappa shape index (κ1) is 21.1. The van der Waals surface area contributed by atoms with E-state index in [1.54, 1.807) is 16.9 Å². The second kappa shape index (κ2) is 9.34. The lowest BCUT2D eigenvalue weighted by atomic mass is 10.0. The van der Waals surface area contributed by atoms with Crippen LogP contribution in [0.15, 0.2) is 48.9 Å². The highest BCUT2D eigenvalue weighted by atomic mass is 16.5. The normalized spacial score (nSPS) is 14.9. The van der Waals surface area contributed by atoms with E-state index in [4.69, 9.17) is 4.74 Å². The summed E-state index contributed by atoms with van der Waals surface area (Å²) in [5.41, 5.74) is 2.93. The SMILES string of the molecule is CC(C)c1ccc(OCn2ccc(C(=O)N3CCN(Cc4cnn(C)c4)CC3)n2)cc1. The Morgan fingerprint density at radius 3 is 2.48 bits per heavy atom. The number of piperazine rings is 1. The molecule has 4 rings (SSSR count). The molecule has 0 N–H and O–H groups in total. The van der Waals surface area contributed by atoms with Gasteiger partial charge in [0.2, 0.25) is 0 Å². The Balaban J connectivity index is 1.26. The molecule has 0 aliphatic carbocycles. The zero-order valence-corrected chi connectivity index (χ0v) is 18.4. The Bertz CT molecular complexity index is 999. The lowest BCUT2D eigenvalue weighted by Gasteiger charge is -2.34. The van der Waals surface area contributed by atoms with Crippen LogP contribution in [0.3, 0.4) is 0 Å². The Morgan fingerprint density at radius 1 is 1.10 bits per heavy atom. The Hall–Kier alpha value is -3.13. The van der Waals surface area contributed by atoms with Gasteiger partial charge < -0.3 is 9.64 Å². The molecule has 1 saturated heterocycles. The van der Waals surface area contributed by atoms with Gasteiger partial charge in [-0.3, -0.25) is 14.4 Å². The summed E-state index contributed by atoms with van der Waals surface area (Å²) in [6, 6.07) is 9.85. The number of carbonyl (C=O) groups excluding carboxylic acids is 1. The minimum absolute atomic E-state index is 0.0268. The predicted octanol–water partition coefficient (Wildman–Crippen LogP) is 2.73. The molecule has 0 spiro atoms. The number of hydrogen-bond acceptors (Lipinski definition) is 5. The molecule has 0 atom stereocenters. The van der Waals surface area contributed by atoms with Crippen molar-refractivity contribution in [2.24, 2.45) is 7.05 Å². The number of aromatic nitrogens is 4. The second-order valence-corrected chi connectivity index (χ2v) is 8.33. The van der Waals surface area contributed by atoms with E-state index in [-0.39, 0.29) is 12.6 Å². The highest BCUT2D eigenvalue weighted by Gasteiger charge is 2.24. The molecule has 164 valence electrons. The summed E-state index contributed by atoms with van der Waals surface area (Å²) in [5, 5.41) is 8.63. The van der Waals surface area contributed by atoms with Gasteiger partial charge >= 0.3 is 0 Å². The maximum absolute atomic E-state index is 12.8. The Labute approximate surface area is 183 Å². The first-order valence-corrected chi connectivity index (χ1v) is 10.7. The zero-order valence-electron chi connectivity index (χ0n) is 18.4. The summed E-state index contributed by atoms with van der Waals surface area (Å²) < 4.78 is 9.27. The number of ether oxygens (including phenoxy) is 1. The maximum Gasteiger partial charge on any atom is 0.274 e. The smallest absolute Gasteiger partial charge is 0.274 e. The first-order valence-electron chi connectivity index (χ1n) is 10.7. The molecule has 2 aromatic heterocycles. The van der Waals surface area contributed by atoms with Crippen LogP contribution in [-0.4, -0.2) is 61.4 Å². The van der Waals surface area contributed by atoms with Crippen LogP contribution in [0.25, 0.3) is 0 Å². The number of rotatable bonds is 7. The van der Waals surface area contributed by atoms with E-state index in [2.05, 4.69) is 41.1 Å². The average molecular weight is 423 g/mol. The fraction of sp³-hybridized carbons (Fsp3) is 0.435. The minimum Gasteiger partial charge on any atom is -0.471 e. The highest BCUT2D eigenvalue weighted by Crippen LogP contribution is 2.19. The Morgan fingerprint density at radius 2 is 1.84 bits per heavy atom. The topological polar surface area (TPSA) is 68.4 Å². The summed E-state index contributed by atoms with van der Waals surface area (Å²) in [6.07, 6.45) is 5.71. The molecule has 3 aromatic rings. The molecule has 1 aromatic carbocycles. The lowest BCUT2D eigenvalue weighted by molar-refractivity contribution is 0.0621. The molecule has 31 heavy (non-hydrogen) atoms. The van der Waals surface area contributed by atoms with E-state index in [0.29, 0.717) is 24.7 Å². The molecular formula is C23H30N6O2. The van der Waals surface area contributed by atoms with Gasteiger partial charge in [-0.1, -0.05) is 26.0 Å². The van der Waals surface area contributed by atoms with Crippen molar-refractivity contribution in [3.63, 3.8) is 0 Å². The van der Waals surface area contributed by atoms with Gasteiger partial charge in [-0.15, -0.1) is 0 Å². The van der Waals surface area contributed by atoms with Crippen molar-refractivity contribution in [2.75, 3.05) is 26.2 Å². The van der Waals surface area contributed by atoms with Gasteiger partial charge in [0.1, 0.15) is 5.75 Å². The van der Waals surface area contributed by atoms with E-state index >= 15 is 0 Å². The molecule has 8 nitrogen and oxygen atoms in total. The van der Waals surface area contributed by atoms with Crippen molar-refractivity contribution in [2.45, 2.75) is 33.0 Å². The highest BCUT2D eigenvalue weighted by molar-refractivity contribution is 5.92. The third-order valence-electron chi connectivity index (χ3n) is 5.59. The van der Waals surface area contributed by atoms with E-state index in [1.807, 2.05) is 41.2 Å². The van der Waals surface area contributed by atoms with Crippen molar-refractivity contribution in [1.29, 1.82) is 0 Å². The maximum atomic E-state index is 12.8. The van der Waals surface area contributed by atoms with Gasteiger partial charge in [-0.25, -0.2) is 4.68 Å². The second-order valence-electron chi connectivity index (χ2n) is 8.33. The summed E-state index contributed by atoms with van der Waals surface area (Å²) in [6.45, 7) is 8.55. The number of hydrogen-bond donors (Lipinski definition) is 0. The van der Waals surface area contributed by atoms with Crippen molar-refractivity contribution in [1.82, 2.24) is 29.4 Å². The number of carbonyl (C=O) groups is 1. The monoisotopic (exact) mass is 422 g/mol. The fourth-order valence-corrected chi connectivity index (χ4v) is 3.72. The van der Waals surface area contributed by atoms with Crippen molar-refractivity contribution in [3.05, 3.63) is 65.7 Å². The third-order valence-corrected chi connectivity index (χ3v) is 5.59. The van der Waals surface area contributed by atoms with Gasteiger partial charge in [0.25, 0.3) is 5.91 Å². The van der Waals surface area contributed by atoms with Crippen LogP contribution in [0, 0.1) is 0 Å². The fourth-order valence-electron chi connectivity index (χ4n) is 3.72. The molecule has 0 saturated carbocycles. The Kier molecular flexibility index (Phi) is 6.36. The first-order chi connectivity index (χ1) is 15.0. The van der Waals surface area contributed by atoms with Gasteiger partial charge in [-0.05, 0) is 29.7 Å². The van der Waals surface area contributed by atoms with E-state index in [0.717, 1.165) is 25.4 Å². The molecular weight excluding hydrogens is 392 g/mol. The van der Waals surface area contributed by atoms with Crippen LogP contribution in [-0.2, 0) is 20.3 Å². The molecule has 0 radical (unpaired) electrons. The van der Waals surface area contributed by atoms with Crippen LogP contribution >= 0.6 is 0 Å². The largest absolute Gasteiger partial charge is 0.471 e. The zero-order chi connectivity index (χ0) is 21.8. The van der Waals surface area contributed by atoms with Gasteiger partial charge in [-0.2, -0.15) is 10.2 Å². The van der Waals surface area contributed by atoms with Crippen LogP contribution in [0.5, 0.6) is 5.75 Å². The van der Waals surface area contributed by atoms with Gasteiger partial charge in [0.15, 0.2) is 12.4 Å². The standard InChI is InChI=1S/C23H30N6O2/c1-18(2)20-4-6-21(7-5-20)31-17-29-9-8-22(25-29)23(30)28-12-10-27(11-13-28)16-19-14-24-26(3)15-19/h4-9,14-15,18H,10-13,16-17H2,1-3H3. The predicted molar refractivity (Wildman–Crippen MR) is 118 cm³/mol. The summed E-state index contributed by atoms with van der Waals surface area (Å²) in [5.74, 6) is 1.25. The molecule has 0 unspecified atom stereocenters. The van der Waals surface area contributed by atoms with Gasteiger partial charge in [0.05, 0.1) is 6.20 Å². The van der Waals surface area contributed by atoms with Gasteiger partial charge in [0, 0.05) is 57.7 Å². The molecule has 1 amide bonds. The summed E-state index contributed by atoms with van der Waals surface area (Å²) >= 11 is 0. The van der Waals surface area contributed by atoms with Crippen LogP contribution < -0.4 is 4.74 Å². The molecule has 0 bridgehead atoms. The number of nitrogens with zero attached hydrogens (tertiary/aromatic N) is 6. The number of amides is 1. The molecule has 3 heterocycles. The summed E-state index contributed by atoms with van der Waals surface area (Å²) in [4.78, 5) is 17.1.